The second kappa shape index (κ2) is 9.58. The van der Waals surface area contributed by atoms with Crippen LogP contribution in [0.4, 0.5) is 22.9 Å². The molecule has 0 fully saturated rings. The van der Waals surface area contributed by atoms with Crippen molar-refractivity contribution < 1.29 is 9.15 Å². The lowest BCUT2D eigenvalue weighted by atomic mass is 10.1. The predicted octanol–water partition coefficient (Wildman–Crippen LogP) is 8.42. The lowest BCUT2D eigenvalue weighted by molar-refractivity contribution is 0.481. The smallest absolute Gasteiger partial charge is 0.159 e. The van der Waals surface area contributed by atoms with Crippen LogP contribution < -0.4 is 14.5 Å². The van der Waals surface area contributed by atoms with Crippen LogP contribution in [0.5, 0.6) is 11.5 Å². The molecule has 0 amide bonds. The molecule has 0 radical (unpaired) electrons. The van der Waals surface area contributed by atoms with Gasteiger partial charge in [-0.1, -0.05) is 48.5 Å². The molecule has 0 unspecified atom stereocenters. The summed E-state index contributed by atoms with van der Waals surface area (Å²) in [5, 5.41) is 2.02. The molecule has 1 aliphatic heterocycles. The van der Waals surface area contributed by atoms with Gasteiger partial charge >= 0.3 is 0 Å². The second-order valence-electron chi connectivity index (χ2n) is 9.54. The minimum Gasteiger partial charge on any atom is -0.457 e. The normalized spacial score (nSPS) is 12.9. The van der Waals surface area contributed by atoms with E-state index in [0.717, 1.165) is 57.2 Å². The summed E-state index contributed by atoms with van der Waals surface area (Å²) in [6.07, 6.45) is 5.94. The first-order valence-electron chi connectivity index (χ1n) is 12.9. The average molecular weight is 511 g/mol. The Kier molecular flexibility index (Phi) is 5.63. The van der Waals surface area contributed by atoms with E-state index in [4.69, 9.17) is 14.1 Å². The first kappa shape index (κ1) is 22.9. The Labute approximate surface area is 226 Å². The van der Waals surface area contributed by atoms with Gasteiger partial charge in [-0.3, -0.25) is 4.90 Å². The summed E-state index contributed by atoms with van der Waals surface area (Å²) >= 11 is 0. The first-order valence-corrected chi connectivity index (χ1v) is 12.9. The van der Waals surface area contributed by atoms with E-state index in [9.17, 15) is 0 Å². The molecule has 1 aliphatic rings. The quantitative estimate of drug-likeness (QED) is 0.224. The molecular formula is C33H26N4O2. The molecule has 4 aromatic carbocycles. The number of nitrogens with zero attached hydrogens (tertiary/aromatic N) is 4. The average Bonchev–Trinajstić information content (AvgIpc) is 3.58. The molecule has 7 rings (SSSR count). The summed E-state index contributed by atoms with van der Waals surface area (Å²) in [7, 11) is 2.06. The molecule has 0 N–H and O–H groups in total. The van der Waals surface area contributed by atoms with Crippen molar-refractivity contribution in [3.8, 4) is 11.5 Å². The van der Waals surface area contributed by atoms with Crippen molar-refractivity contribution >= 4 is 44.8 Å². The van der Waals surface area contributed by atoms with Crippen LogP contribution in [0, 0.1) is 0 Å². The molecule has 2 aromatic heterocycles. The zero-order chi connectivity index (χ0) is 26.2. The summed E-state index contributed by atoms with van der Waals surface area (Å²) in [5.41, 5.74) is 4.50. The fourth-order valence-electron chi connectivity index (χ4n) is 5.02. The monoisotopic (exact) mass is 510 g/mol. The highest BCUT2D eigenvalue weighted by Crippen LogP contribution is 2.44. The van der Waals surface area contributed by atoms with Crippen molar-refractivity contribution in [2.24, 2.45) is 0 Å². The van der Waals surface area contributed by atoms with Gasteiger partial charge in [0, 0.05) is 59.9 Å². The van der Waals surface area contributed by atoms with Gasteiger partial charge in [0.1, 0.15) is 22.9 Å². The molecule has 0 bridgehead atoms. The molecule has 6 heteroatoms. The first-order chi connectivity index (χ1) is 19.2. The van der Waals surface area contributed by atoms with Gasteiger partial charge < -0.3 is 19.0 Å². The van der Waals surface area contributed by atoms with E-state index >= 15 is 0 Å². The van der Waals surface area contributed by atoms with Crippen molar-refractivity contribution in [1.82, 2.24) is 9.88 Å². The number of anilines is 4. The maximum Gasteiger partial charge on any atom is 0.159 e. The second-order valence-corrected chi connectivity index (χ2v) is 9.54. The number of fused-ring (bicyclic) bond motifs is 3. The van der Waals surface area contributed by atoms with Gasteiger partial charge in [0.15, 0.2) is 5.58 Å². The van der Waals surface area contributed by atoms with Crippen LogP contribution in [0.15, 0.2) is 132 Å². The van der Waals surface area contributed by atoms with Gasteiger partial charge in [-0.05, 0) is 48.5 Å². The number of hydrogen-bond acceptors (Lipinski definition) is 6. The van der Waals surface area contributed by atoms with Gasteiger partial charge in [0.25, 0.3) is 0 Å². The Morgan fingerprint density at radius 1 is 0.769 bits per heavy atom. The van der Waals surface area contributed by atoms with E-state index in [1.165, 1.54) is 0 Å². The Morgan fingerprint density at radius 3 is 2.44 bits per heavy atom. The summed E-state index contributed by atoms with van der Waals surface area (Å²) in [6, 6.07) is 36.5. The molecule has 190 valence electrons. The van der Waals surface area contributed by atoms with E-state index in [-0.39, 0.29) is 0 Å². The summed E-state index contributed by atoms with van der Waals surface area (Å²) < 4.78 is 13.0. The number of para-hydroxylation sites is 2. The van der Waals surface area contributed by atoms with E-state index in [2.05, 4.69) is 70.5 Å². The fraction of sp³-hybridized carbons (Fsp3) is 0.0606. The molecule has 6 aromatic rings. The Balaban J connectivity index is 1.39. The zero-order valence-corrected chi connectivity index (χ0v) is 21.4. The van der Waals surface area contributed by atoms with Crippen LogP contribution in [0.25, 0.3) is 21.9 Å². The highest BCUT2D eigenvalue weighted by Gasteiger charge is 2.22. The number of furan rings is 1. The number of ether oxygens (including phenoxy) is 1. The molecule has 6 nitrogen and oxygen atoms in total. The molecule has 39 heavy (non-hydrogen) atoms. The fourth-order valence-corrected chi connectivity index (χ4v) is 5.02. The maximum atomic E-state index is 6.54. The van der Waals surface area contributed by atoms with Crippen LogP contribution >= 0.6 is 0 Å². The van der Waals surface area contributed by atoms with Crippen molar-refractivity contribution in [2.75, 3.05) is 23.5 Å². The number of rotatable bonds is 6. The number of hydrogen-bond donors (Lipinski definition) is 0. The van der Waals surface area contributed by atoms with Crippen LogP contribution in [-0.4, -0.2) is 23.6 Å². The third-order valence-corrected chi connectivity index (χ3v) is 6.83. The number of pyridine rings is 1. The Morgan fingerprint density at radius 2 is 1.62 bits per heavy atom. The van der Waals surface area contributed by atoms with E-state index < -0.39 is 0 Å². The third-order valence-electron chi connectivity index (χ3n) is 6.83. The van der Waals surface area contributed by atoms with Crippen LogP contribution in [0.3, 0.4) is 0 Å². The van der Waals surface area contributed by atoms with Gasteiger partial charge in [-0.25, -0.2) is 4.98 Å². The van der Waals surface area contributed by atoms with Gasteiger partial charge in [-0.15, -0.1) is 0 Å². The summed E-state index contributed by atoms with van der Waals surface area (Å²) in [6.45, 7) is 0.802. The van der Waals surface area contributed by atoms with Crippen LogP contribution in [0.1, 0.15) is 0 Å². The third kappa shape index (κ3) is 4.32. The lowest BCUT2D eigenvalue weighted by Crippen LogP contribution is -2.21. The molecule has 0 saturated heterocycles. The predicted molar refractivity (Wildman–Crippen MR) is 157 cm³/mol. The highest BCUT2D eigenvalue weighted by molar-refractivity contribution is 6.10. The van der Waals surface area contributed by atoms with E-state index in [0.29, 0.717) is 5.75 Å². The van der Waals surface area contributed by atoms with Crippen molar-refractivity contribution in [3.05, 3.63) is 128 Å². The standard InChI is InChI=1S/C33H26N4O2/c1-35-18-19-36(23-35)25-12-9-13-26(20-25)38-27-21-29-28-14-5-6-15-31(28)39-33(29)30(22-27)37(24-10-3-2-4-11-24)32-16-7-8-17-34-32/h2-22H,23H2,1H3. The lowest BCUT2D eigenvalue weighted by Gasteiger charge is -2.25. The SMILES string of the molecule is CN1C=CN(c2cccc(Oc3cc(N(c4ccccc4)c4ccccn4)c4oc5ccccc5c4c3)c2)C1. The Hall–Kier alpha value is -5.23. The van der Waals surface area contributed by atoms with Gasteiger partial charge in [0.2, 0.25) is 0 Å². The maximum absolute atomic E-state index is 6.54. The zero-order valence-electron chi connectivity index (χ0n) is 21.4. The molecule has 0 atom stereocenters. The Bertz CT molecular complexity index is 1760. The van der Waals surface area contributed by atoms with E-state index in [1.54, 1.807) is 6.20 Å². The van der Waals surface area contributed by atoms with Crippen molar-refractivity contribution in [3.63, 3.8) is 0 Å². The van der Waals surface area contributed by atoms with Gasteiger partial charge in [0.05, 0.1) is 12.4 Å². The molecule has 0 saturated carbocycles. The number of aromatic nitrogens is 1. The number of benzene rings is 4. The molecule has 0 aliphatic carbocycles. The van der Waals surface area contributed by atoms with Gasteiger partial charge in [-0.2, -0.15) is 0 Å². The summed E-state index contributed by atoms with van der Waals surface area (Å²) in [5.74, 6) is 2.26. The van der Waals surface area contributed by atoms with Crippen molar-refractivity contribution in [2.45, 2.75) is 0 Å². The van der Waals surface area contributed by atoms with Crippen LogP contribution in [0.2, 0.25) is 0 Å². The molecular weight excluding hydrogens is 484 g/mol. The minimum atomic E-state index is 0.715. The summed E-state index contributed by atoms with van der Waals surface area (Å²) in [4.78, 5) is 11.1. The van der Waals surface area contributed by atoms with Crippen LogP contribution in [-0.2, 0) is 0 Å². The largest absolute Gasteiger partial charge is 0.457 e. The minimum absolute atomic E-state index is 0.715. The van der Waals surface area contributed by atoms with Crippen molar-refractivity contribution in [1.29, 1.82) is 0 Å². The highest BCUT2D eigenvalue weighted by atomic mass is 16.5. The molecule has 0 spiro atoms. The molecule has 3 heterocycles. The van der Waals surface area contributed by atoms with E-state index in [1.807, 2.05) is 72.8 Å². The topological polar surface area (TPSA) is 45.0 Å².